The second-order valence-electron chi connectivity index (χ2n) is 8.95. The molecular weight excluding hydrogens is 475 g/mol. The Hall–Kier alpha value is -3.57. The molecule has 0 saturated carbocycles. The van der Waals surface area contributed by atoms with Gasteiger partial charge in [-0.1, -0.05) is 17.3 Å². The molecule has 11 heteroatoms. The lowest BCUT2D eigenvalue weighted by Crippen LogP contribution is -2.44. The third-order valence-corrected chi connectivity index (χ3v) is 6.42. The van der Waals surface area contributed by atoms with E-state index < -0.39 is 6.36 Å². The number of hydrogen-bond acceptors (Lipinski definition) is 7. The molecule has 0 radical (unpaired) electrons. The van der Waals surface area contributed by atoms with Crippen molar-refractivity contribution < 1.29 is 27.5 Å². The van der Waals surface area contributed by atoms with Crippen LogP contribution in [0, 0.1) is 6.92 Å². The maximum atomic E-state index is 12.4. The molecule has 1 atom stereocenters. The van der Waals surface area contributed by atoms with Crippen LogP contribution >= 0.6 is 0 Å². The highest BCUT2D eigenvalue weighted by atomic mass is 19.4. The van der Waals surface area contributed by atoms with Gasteiger partial charge in [-0.3, -0.25) is 4.90 Å². The Labute approximate surface area is 205 Å². The molecule has 4 aromatic rings. The van der Waals surface area contributed by atoms with Crippen LogP contribution in [0.4, 0.5) is 13.2 Å². The molecule has 1 unspecified atom stereocenters. The van der Waals surface area contributed by atoms with Gasteiger partial charge in [0.25, 0.3) is 0 Å². The van der Waals surface area contributed by atoms with Gasteiger partial charge in [0.15, 0.2) is 5.88 Å². The van der Waals surface area contributed by atoms with E-state index in [1.165, 1.54) is 24.3 Å². The Bertz CT molecular complexity index is 1360. The van der Waals surface area contributed by atoms with Gasteiger partial charge in [-0.15, -0.1) is 13.2 Å². The van der Waals surface area contributed by atoms with Crippen molar-refractivity contribution in [2.24, 2.45) is 0 Å². The summed E-state index contributed by atoms with van der Waals surface area (Å²) >= 11 is 0. The van der Waals surface area contributed by atoms with Gasteiger partial charge >= 0.3 is 6.36 Å². The van der Waals surface area contributed by atoms with E-state index in [0.717, 1.165) is 42.7 Å². The lowest BCUT2D eigenvalue weighted by Gasteiger charge is -2.30. The number of hydrogen-bond donors (Lipinski definition) is 2. The average molecular weight is 502 g/mol. The topological polar surface area (TPSA) is 88.6 Å². The van der Waals surface area contributed by atoms with Gasteiger partial charge in [0.1, 0.15) is 5.75 Å². The fourth-order valence-corrected chi connectivity index (χ4v) is 4.58. The van der Waals surface area contributed by atoms with Crippen LogP contribution in [0.5, 0.6) is 11.6 Å². The van der Waals surface area contributed by atoms with Crippen molar-refractivity contribution in [3.63, 3.8) is 0 Å². The summed E-state index contributed by atoms with van der Waals surface area (Å²) in [4.78, 5) is 6.93. The Morgan fingerprint density at radius 3 is 2.58 bits per heavy atom. The number of halogens is 3. The Balaban J connectivity index is 1.38. The molecule has 1 saturated heterocycles. The molecule has 1 aliphatic rings. The highest BCUT2D eigenvalue weighted by Crippen LogP contribution is 2.35. The number of alkyl halides is 3. The smallest absolute Gasteiger partial charge is 0.494 e. The first-order chi connectivity index (χ1) is 17.2. The molecule has 190 valence electrons. The minimum Gasteiger partial charge on any atom is -0.494 e. The SMILES string of the molecule is Cc1cc(-c2noc(C(C)N3CCNCC3)n2)cc2cn(Cc3ccc(OC(F)(F)F)cc3)c(O)c12. The molecule has 0 amide bonds. The third kappa shape index (κ3) is 5.02. The number of piperazine rings is 1. The minimum absolute atomic E-state index is 0.0104. The summed E-state index contributed by atoms with van der Waals surface area (Å²) in [6.07, 6.45) is -2.94. The highest BCUT2D eigenvalue weighted by molar-refractivity contribution is 5.93. The number of aryl methyl sites for hydroxylation is 1. The zero-order chi connectivity index (χ0) is 25.4. The largest absolute Gasteiger partial charge is 0.573 e. The normalized spacial score (nSPS) is 15.9. The number of rotatable bonds is 6. The summed E-state index contributed by atoms with van der Waals surface area (Å²) in [6, 6.07) is 9.37. The third-order valence-electron chi connectivity index (χ3n) is 6.42. The number of aromatic hydroxyl groups is 1. The number of benzene rings is 2. The molecule has 5 rings (SSSR count). The van der Waals surface area contributed by atoms with Crippen LogP contribution in [0.2, 0.25) is 0 Å². The van der Waals surface area contributed by atoms with Crippen LogP contribution in [-0.2, 0) is 6.54 Å². The van der Waals surface area contributed by atoms with Crippen molar-refractivity contribution in [3.05, 3.63) is 59.6 Å². The number of aromatic nitrogens is 3. The van der Waals surface area contributed by atoms with Gasteiger partial charge in [-0.25, -0.2) is 0 Å². The first-order valence-corrected chi connectivity index (χ1v) is 11.6. The zero-order valence-electron chi connectivity index (χ0n) is 19.8. The van der Waals surface area contributed by atoms with Gasteiger partial charge in [0.05, 0.1) is 12.6 Å². The Morgan fingerprint density at radius 2 is 1.89 bits per heavy atom. The fraction of sp³-hybridized carbons (Fsp3) is 0.360. The summed E-state index contributed by atoms with van der Waals surface area (Å²) in [5, 5.41) is 19.9. The van der Waals surface area contributed by atoms with Crippen molar-refractivity contribution in [3.8, 4) is 23.0 Å². The highest BCUT2D eigenvalue weighted by Gasteiger charge is 2.31. The van der Waals surface area contributed by atoms with Crippen LogP contribution in [0.25, 0.3) is 22.2 Å². The van der Waals surface area contributed by atoms with E-state index in [1.807, 2.05) is 19.1 Å². The maximum Gasteiger partial charge on any atom is 0.573 e. The fourth-order valence-electron chi connectivity index (χ4n) is 4.58. The second kappa shape index (κ2) is 9.47. The molecule has 0 aliphatic carbocycles. The van der Waals surface area contributed by atoms with E-state index >= 15 is 0 Å². The van der Waals surface area contributed by atoms with Crippen LogP contribution < -0.4 is 10.1 Å². The van der Waals surface area contributed by atoms with E-state index in [9.17, 15) is 18.3 Å². The summed E-state index contributed by atoms with van der Waals surface area (Å²) in [7, 11) is 0. The maximum absolute atomic E-state index is 12.4. The molecule has 0 bridgehead atoms. The summed E-state index contributed by atoms with van der Waals surface area (Å²) in [5.41, 5.74) is 2.32. The summed E-state index contributed by atoms with van der Waals surface area (Å²) in [6.45, 7) is 7.89. The molecule has 2 N–H and O–H groups in total. The molecular formula is C25H26F3N5O3. The lowest BCUT2D eigenvalue weighted by atomic mass is 10.1. The first-order valence-electron chi connectivity index (χ1n) is 11.6. The quantitative estimate of drug-likeness (QED) is 0.399. The van der Waals surface area contributed by atoms with Gasteiger partial charge in [-0.05, 0) is 49.2 Å². The predicted molar refractivity (Wildman–Crippen MR) is 127 cm³/mol. The van der Waals surface area contributed by atoms with Gasteiger partial charge in [0.2, 0.25) is 11.7 Å². The molecule has 1 aliphatic heterocycles. The first kappa shape index (κ1) is 24.1. The van der Waals surface area contributed by atoms with E-state index in [2.05, 4.69) is 32.0 Å². The van der Waals surface area contributed by atoms with E-state index in [4.69, 9.17) is 4.52 Å². The molecule has 2 aromatic carbocycles. The van der Waals surface area contributed by atoms with Crippen LogP contribution in [0.3, 0.4) is 0 Å². The van der Waals surface area contributed by atoms with Crippen molar-refractivity contribution >= 4 is 10.8 Å². The van der Waals surface area contributed by atoms with Crippen LogP contribution in [0.15, 0.2) is 47.1 Å². The van der Waals surface area contributed by atoms with Crippen molar-refractivity contribution in [2.45, 2.75) is 32.8 Å². The minimum atomic E-state index is -4.74. The van der Waals surface area contributed by atoms with Gasteiger partial charge in [0, 0.05) is 48.7 Å². The average Bonchev–Trinajstić information content (AvgIpc) is 3.45. The monoisotopic (exact) mass is 501 g/mol. The van der Waals surface area contributed by atoms with Crippen molar-refractivity contribution in [1.82, 2.24) is 24.9 Å². The summed E-state index contributed by atoms with van der Waals surface area (Å²) < 4.78 is 48.3. The second-order valence-corrected chi connectivity index (χ2v) is 8.95. The molecule has 2 aromatic heterocycles. The number of nitrogens with one attached hydrogen (secondary N) is 1. The molecule has 1 fully saturated rings. The summed E-state index contributed by atoms with van der Waals surface area (Å²) in [5.74, 6) is 0.817. The number of fused-ring (bicyclic) bond motifs is 1. The van der Waals surface area contributed by atoms with Crippen molar-refractivity contribution in [1.29, 1.82) is 0 Å². The van der Waals surface area contributed by atoms with E-state index in [1.54, 1.807) is 10.8 Å². The van der Waals surface area contributed by atoms with Crippen LogP contribution in [0.1, 0.15) is 30.0 Å². The van der Waals surface area contributed by atoms with Crippen LogP contribution in [-0.4, -0.2) is 57.3 Å². The van der Waals surface area contributed by atoms with E-state index in [0.29, 0.717) is 22.7 Å². The zero-order valence-corrected chi connectivity index (χ0v) is 19.8. The Morgan fingerprint density at radius 1 is 1.17 bits per heavy atom. The predicted octanol–water partition coefficient (Wildman–Crippen LogP) is 4.62. The number of nitrogens with zero attached hydrogens (tertiary/aromatic N) is 4. The lowest BCUT2D eigenvalue weighted by molar-refractivity contribution is -0.274. The van der Waals surface area contributed by atoms with E-state index in [-0.39, 0.29) is 24.2 Å². The molecule has 8 nitrogen and oxygen atoms in total. The number of ether oxygens (including phenoxy) is 1. The molecule has 36 heavy (non-hydrogen) atoms. The van der Waals surface area contributed by atoms with Gasteiger partial charge < -0.3 is 24.3 Å². The van der Waals surface area contributed by atoms with Gasteiger partial charge in [-0.2, -0.15) is 4.98 Å². The molecule has 0 spiro atoms. The Kier molecular flexibility index (Phi) is 6.35. The van der Waals surface area contributed by atoms with Crippen molar-refractivity contribution in [2.75, 3.05) is 26.2 Å². The molecule has 3 heterocycles. The standard InChI is InChI=1S/C25H26F3N5O3/c1-15-11-18(22-30-23(36-31-22)16(2)32-9-7-29-8-10-32)12-19-14-33(24(34)21(15)19)13-17-3-5-20(6-4-17)35-25(26,27)28/h3-6,11-12,14,16,29,34H,7-10,13H2,1-2H3.